The van der Waals surface area contributed by atoms with Crippen molar-refractivity contribution in [2.75, 3.05) is 12.8 Å². The lowest BCUT2D eigenvalue weighted by atomic mass is 10.6. The van der Waals surface area contributed by atoms with E-state index in [-0.39, 0.29) is 11.6 Å². The predicted octanol–water partition coefficient (Wildman–Crippen LogP) is -0.771. The standard InChI is InChI=1S/C4H7N3O2/c1-9-7-4(5)3(8)2-6-7/h2,8H,5H2,1H3. The summed E-state index contributed by atoms with van der Waals surface area (Å²) in [4.78, 5) is 5.61. The summed E-state index contributed by atoms with van der Waals surface area (Å²) >= 11 is 0. The molecule has 0 bridgehead atoms. The van der Waals surface area contributed by atoms with E-state index in [4.69, 9.17) is 10.8 Å². The number of nitrogens with zero attached hydrogens (tertiary/aromatic N) is 2. The largest absolute Gasteiger partial charge is 0.503 e. The van der Waals surface area contributed by atoms with E-state index in [1.807, 2.05) is 0 Å². The lowest BCUT2D eigenvalue weighted by Crippen LogP contribution is -2.10. The first-order valence-corrected chi connectivity index (χ1v) is 2.32. The molecule has 1 rings (SSSR count). The maximum atomic E-state index is 8.78. The van der Waals surface area contributed by atoms with Gasteiger partial charge in [0.25, 0.3) is 0 Å². The van der Waals surface area contributed by atoms with Crippen molar-refractivity contribution in [3.05, 3.63) is 6.20 Å². The minimum Gasteiger partial charge on any atom is -0.503 e. The Morgan fingerprint density at radius 2 is 2.56 bits per heavy atom. The molecule has 0 aliphatic rings. The third-order valence-corrected chi connectivity index (χ3v) is 0.926. The van der Waals surface area contributed by atoms with Crippen LogP contribution in [0.25, 0.3) is 0 Å². The molecule has 0 atom stereocenters. The van der Waals surface area contributed by atoms with Crippen LogP contribution in [0.2, 0.25) is 0 Å². The van der Waals surface area contributed by atoms with E-state index in [9.17, 15) is 0 Å². The highest BCUT2D eigenvalue weighted by Crippen LogP contribution is 2.15. The van der Waals surface area contributed by atoms with Crippen molar-refractivity contribution in [2.45, 2.75) is 0 Å². The molecule has 0 aromatic carbocycles. The lowest BCUT2D eigenvalue weighted by Gasteiger charge is -1.97. The average molecular weight is 129 g/mol. The van der Waals surface area contributed by atoms with Gasteiger partial charge in [0.05, 0.1) is 6.20 Å². The SMILES string of the molecule is COn1ncc(O)c1N. The zero-order valence-electron chi connectivity index (χ0n) is 4.90. The molecule has 5 heteroatoms. The number of aromatic nitrogens is 2. The van der Waals surface area contributed by atoms with Crippen LogP contribution in [0, 0.1) is 0 Å². The molecule has 0 spiro atoms. The molecular weight excluding hydrogens is 122 g/mol. The Bertz CT molecular complexity index is 208. The second-order valence-corrected chi connectivity index (χ2v) is 1.47. The van der Waals surface area contributed by atoms with Crippen molar-refractivity contribution >= 4 is 5.82 Å². The van der Waals surface area contributed by atoms with E-state index in [0.29, 0.717) is 0 Å². The van der Waals surface area contributed by atoms with E-state index < -0.39 is 0 Å². The number of nitrogen functional groups attached to an aromatic ring is 1. The first-order valence-electron chi connectivity index (χ1n) is 2.32. The number of nitrogens with two attached hydrogens (primary N) is 1. The van der Waals surface area contributed by atoms with Gasteiger partial charge < -0.3 is 15.7 Å². The van der Waals surface area contributed by atoms with Gasteiger partial charge in [-0.1, -0.05) is 4.85 Å². The van der Waals surface area contributed by atoms with Crippen molar-refractivity contribution in [3.63, 3.8) is 0 Å². The van der Waals surface area contributed by atoms with E-state index in [2.05, 4.69) is 9.94 Å². The number of hydrogen-bond acceptors (Lipinski definition) is 4. The van der Waals surface area contributed by atoms with E-state index in [0.717, 1.165) is 4.85 Å². The predicted molar refractivity (Wildman–Crippen MR) is 30.8 cm³/mol. The highest BCUT2D eigenvalue weighted by molar-refractivity contribution is 5.42. The fraction of sp³-hybridized carbons (Fsp3) is 0.250. The summed E-state index contributed by atoms with van der Waals surface area (Å²) in [6.45, 7) is 0. The van der Waals surface area contributed by atoms with Gasteiger partial charge in [-0.2, -0.15) is 0 Å². The zero-order valence-corrected chi connectivity index (χ0v) is 4.90. The number of anilines is 1. The molecule has 0 amide bonds. The Morgan fingerprint density at radius 3 is 2.78 bits per heavy atom. The van der Waals surface area contributed by atoms with Crippen LogP contribution in [-0.2, 0) is 0 Å². The molecule has 0 fully saturated rings. The van der Waals surface area contributed by atoms with Gasteiger partial charge in [0.1, 0.15) is 7.11 Å². The van der Waals surface area contributed by atoms with Crippen molar-refractivity contribution in [1.82, 2.24) is 9.94 Å². The summed E-state index contributed by atoms with van der Waals surface area (Å²) in [5.74, 6) is 0.0364. The van der Waals surface area contributed by atoms with Crippen LogP contribution in [0.5, 0.6) is 5.75 Å². The maximum Gasteiger partial charge on any atom is 0.205 e. The summed E-state index contributed by atoms with van der Waals surface area (Å²) in [5.41, 5.74) is 5.24. The van der Waals surface area contributed by atoms with Crippen molar-refractivity contribution in [2.24, 2.45) is 0 Å². The monoisotopic (exact) mass is 129 g/mol. The van der Waals surface area contributed by atoms with Crippen molar-refractivity contribution < 1.29 is 9.94 Å². The van der Waals surface area contributed by atoms with Gasteiger partial charge in [0.15, 0.2) is 5.75 Å². The molecule has 1 heterocycles. The zero-order chi connectivity index (χ0) is 6.85. The normalized spacial score (nSPS) is 9.44. The molecule has 5 nitrogen and oxygen atoms in total. The van der Waals surface area contributed by atoms with Crippen LogP contribution in [0.3, 0.4) is 0 Å². The summed E-state index contributed by atoms with van der Waals surface area (Å²) < 4.78 is 0. The molecule has 0 unspecified atom stereocenters. The van der Waals surface area contributed by atoms with Crippen LogP contribution in [0.4, 0.5) is 5.82 Å². The molecule has 0 saturated heterocycles. The number of hydrogen-bond donors (Lipinski definition) is 2. The van der Waals surface area contributed by atoms with E-state index in [1.54, 1.807) is 0 Å². The molecule has 1 aromatic rings. The van der Waals surface area contributed by atoms with E-state index in [1.165, 1.54) is 13.3 Å². The third kappa shape index (κ3) is 0.758. The van der Waals surface area contributed by atoms with Crippen molar-refractivity contribution in [3.8, 4) is 5.75 Å². The molecule has 1 aromatic heterocycles. The Labute approximate surface area is 51.6 Å². The fourth-order valence-corrected chi connectivity index (χ4v) is 0.479. The second kappa shape index (κ2) is 1.85. The molecule has 0 aliphatic carbocycles. The quantitative estimate of drug-likeness (QED) is 0.522. The van der Waals surface area contributed by atoms with Gasteiger partial charge in [-0.3, -0.25) is 0 Å². The van der Waals surface area contributed by atoms with Crippen LogP contribution in [0.15, 0.2) is 6.20 Å². The Kier molecular flexibility index (Phi) is 1.18. The molecule has 0 radical (unpaired) electrons. The van der Waals surface area contributed by atoms with Gasteiger partial charge >= 0.3 is 0 Å². The van der Waals surface area contributed by atoms with Crippen molar-refractivity contribution in [1.29, 1.82) is 0 Å². The summed E-state index contributed by atoms with van der Waals surface area (Å²) in [7, 11) is 1.41. The Morgan fingerprint density at radius 1 is 1.89 bits per heavy atom. The average Bonchev–Trinajstić information content (AvgIpc) is 2.15. The molecular formula is C4H7N3O2. The number of rotatable bonds is 1. The highest BCUT2D eigenvalue weighted by atomic mass is 16.7. The minimum absolute atomic E-state index is 0.0724. The molecule has 50 valence electrons. The first kappa shape index (κ1) is 5.74. The molecule has 0 saturated carbocycles. The van der Waals surface area contributed by atoms with Gasteiger partial charge in [-0.15, -0.1) is 5.10 Å². The third-order valence-electron chi connectivity index (χ3n) is 0.926. The first-order chi connectivity index (χ1) is 4.25. The molecule has 3 N–H and O–H groups in total. The lowest BCUT2D eigenvalue weighted by molar-refractivity contribution is 0.139. The van der Waals surface area contributed by atoms with Gasteiger partial charge in [-0.05, 0) is 0 Å². The molecule has 0 aliphatic heterocycles. The smallest absolute Gasteiger partial charge is 0.205 e. The number of aromatic hydroxyl groups is 1. The molecule has 9 heavy (non-hydrogen) atoms. The topological polar surface area (TPSA) is 73.3 Å². The van der Waals surface area contributed by atoms with Crippen LogP contribution in [0.1, 0.15) is 0 Å². The van der Waals surface area contributed by atoms with Crippen LogP contribution >= 0.6 is 0 Å². The van der Waals surface area contributed by atoms with Gasteiger partial charge in [-0.25, -0.2) is 0 Å². The summed E-state index contributed by atoms with van der Waals surface area (Å²) in [6.07, 6.45) is 1.21. The Hall–Kier alpha value is -1.39. The highest BCUT2D eigenvalue weighted by Gasteiger charge is 2.02. The van der Waals surface area contributed by atoms with Gasteiger partial charge in [0, 0.05) is 0 Å². The van der Waals surface area contributed by atoms with Gasteiger partial charge in [0.2, 0.25) is 5.82 Å². The Balaban J connectivity index is 3.04. The van der Waals surface area contributed by atoms with Crippen LogP contribution in [-0.4, -0.2) is 22.2 Å². The fourth-order valence-electron chi connectivity index (χ4n) is 0.479. The second-order valence-electron chi connectivity index (χ2n) is 1.47. The van der Waals surface area contributed by atoms with E-state index >= 15 is 0 Å². The minimum atomic E-state index is -0.0724. The van der Waals surface area contributed by atoms with Crippen LogP contribution < -0.4 is 10.6 Å². The summed E-state index contributed by atoms with van der Waals surface area (Å²) in [5, 5.41) is 12.3. The maximum absolute atomic E-state index is 8.78. The summed E-state index contributed by atoms with van der Waals surface area (Å²) in [6, 6.07) is 0.